The molecule has 1 N–H and O–H groups in total. The van der Waals surface area contributed by atoms with E-state index in [0.29, 0.717) is 6.42 Å². The zero-order valence-corrected chi connectivity index (χ0v) is 11.6. The lowest BCUT2D eigenvalue weighted by Crippen LogP contribution is -2.10. The summed E-state index contributed by atoms with van der Waals surface area (Å²) in [4.78, 5) is 1.40. The van der Waals surface area contributed by atoms with E-state index in [-0.39, 0.29) is 6.10 Å². The minimum Gasteiger partial charge on any atom is -0.393 e. The van der Waals surface area contributed by atoms with Gasteiger partial charge in [0.15, 0.2) is 0 Å². The van der Waals surface area contributed by atoms with E-state index >= 15 is 0 Å². The van der Waals surface area contributed by atoms with Crippen molar-refractivity contribution in [3.63, 3.8) is 0 Å². The highest BCUT2D eigenvalue weighted by Crippen LogP contribution is 2.14. The zero-order chi connectivity index (χ0) is 12.8. The molecule has 3 nitrogen and oxygen atoms in total. The van der Waals surface area contributed by atoms with Gasteiger partial charge < -0.3 is 5.11 Å². The van der Waals surface area contributed by atoms with Crippen molar-refractivity contribution < 1.29 is 5.11 Å². The van der Waals surface area contributed by atoms with E-state index in [4.69, 9.17) is 0 Å². The summed E-state index contributed by atoms with van der Waals surface area (Å²) in [7, 11) is 0. The van der Waals surface area contributed by atoms with Crippen molar-refractivity contribution in [1.82, 2.24) is 9.78 Å². The van der Waals surface area contributed by atoms with Gasteiger partial charge >= 0.3 is 0 Å². The van der Waals surface area contributed by atoms with Crippen molar-refractivity contribution in [3.8, 4) is 0 Å². The Kier molecular flexibility index (Phi) is 4.96. The van der Waals surface area contributed by atoms with E-state index in [1.807, 2.05) is 17.1 Å². The molecule has 0 bridgehead atoms. The van der Waals surface area contributed by atoms with Gasteiger partial charge in [0.2, 0.25) is 0 Å². The molecule has 0 aliphatic carbocycles. The third kappa shape index (κ3) is 3.96. The highest BCUT2D eigenvalue weighted by molar-refractivity contribution is 7.09. The maximum atomic E-state index is 9.98. The summed E-state index contributed by atoms with van der Waals surface area (Å²) in [5, 5.41) is 16.3. The molecular formula is C14H20N2OS. The third-order valence-corrected chi connectivity index (χ3v) is 3.96. The number of thiophene rings is 1. The van der Waals surface area contributed by atoms with Crippen LogP contribution in [0, 0.1) is 0 Å². The highest BCUT2D eigenvalue weighted by atomic mass is 32.1. The van der Waals surface area contributed by atoms with Crippen LogP contribution in [0.1, 0.15) is 30.2 Å². The second-order valence-corrected chi connectivity index (χ2v) is 5.57. The van der Waals surface area contributed by atoms with Gasteiger partial charge in [-0.2, -0.15) is 5.10 Å². The van der Waals surface area contributed by atoms with Crippen molar-refractivity contribution in [2.45, 2.75) is 45.3 Å². The molecule has 0 radical (unpaired) electrons. The average molecular weight is 264 g/mol. The summed E-state index contributed by atoms with van der Waals surface area (Å²) in [5.41, 5.74) is 1.13. The molecule has 2 rings (SSSR count). The van der Waals surface area contributed by atoms with Gasteiger partial charge in [-0.15, -0.1) is 11.3 Å². The highest BCUT2D eigenvalue weighted by Gasteiger charge is 2.07. The van der Waals surface area contributed by atoms with Crippen molar-refractivity contribution in [3.05, 3.63) is 40.3 Å². The van der Waals surface area contributed by atoms with Crippen LogP contribution < -0.4 is 0 Å². The normalized spacial score (nSPS) is 12.8. The first-order valence-electron chi connectivity index (χ1n) is 6.49. The molecule has 2 aromatic rings. The minimum absolute atomic E-state index is 0.250. The molecule has 1 unspecified atom stereocenters. The Bertz CT molecular complexity index is 450. The molecule has 0 fully saturated rings. The fraction of sp³-hybridized carbons (Fsp3) is 0.500. The van der Waals surface area contributed by atoms with Crippen LogP contribution in [0.4, 0.5) is 0 Å². The Balaban J connectivity index is 1.70. The monoisotopic (exact) mass is 264 g/mol. The van der Waals surface area contributed by atoms with Crippen molar-refractivity contribution in [1.29, 1.82) is 0 Å². The Hall–Kier alpha value is -1.13. The summed E-state index contributed by atoms with van der Waals surface area (Å²) < 4.78 is 1.90. The Morgan fingerprint density at radius 2 is 2.39 bits per heavy atom. The summed E-state index contributed by atoms with van der Waals surface area (Å²) in [5.74, 6) is 0. The van der Waals surface area contributed by atoms with Gasteiger partial charge in [-0.05, 0) is 43.2 Å². The summed E-state index contributed by atoms with van der Waals surface area (Å²) in [6.45, 7) is 2.95. The largest absolute Gasteiger partial charge is 0.393 e. The second-order valence-electron chi connectivity index (χ2n) is 4.53. The van der Waals surface area contributed by atoms with Crippen molar-refractivity contribution in [2.24, 2.45) is 0 Å². The SMILES string of the molecule is CCn1cc(CC(O)CCCc2cccs2)cn1. The van der Waals surface area contributed by atoms with E-state index in [0.717, 1.165) is 31.4 Å². The predicted molar refractivity (Wildman–Crippen MR) is 74.9 cm³/mol. The molecule has 0 aromatic carbocycles. The van der Waals surface area contributed by atoms with Crippen molar-refractivity contribution >= 4 is 11.3 Å². The number of hydrogen-bond donors (Lipinski definition) is 1. The fourth-order valence-electron chi connectivity index (χ4n) is 2.03. The van der Waals surface area contributed by atoms with Crippen LogP contribution in [0.15, 0.2) is 29.9 Å². The van der Waals surface area contributed by atoms with E-state index in [9.17, 15) is 5.11 Å². The molecule has 1 atom stereocenters. The van der Waals surface area contributed by atoms with Crippen LogP contribution in [0.3, 0.4) is 0 Å². The zero-order valence-electron chi connectivity index (χ0n) is 10.7. The van der Waals surface area contributed by atoms with E-state index in [2.05, 4.69) is 29.5 Å². The van der Waals surface area contributed by atoms with Gasteiger partial charge in [-0.3, -0.25) is 4.68 Å². The molecule has 18 heavy (non-hydrogen) atoms. The molecule has 0 amide bonds. The van der Waals surface area contributed by atoms with Crippen LogP contribution in [0.2, 0.25) is 0 Å². The minimum atomic E-state index is -0.250. The summed E-state index contributed by atoms with van der Waals surface area (Å²) in [6.07, 6.45) is 7.31. The molecule has 2 heterocycles. The number of rotatable bonds is 7. The lowest BCUT2D eigenvalue weighted by molar-refractivity contribution is 0.162. The Morgan fingerprint density at radius 1 is 1.50 bits per heavy atom. The number of aromatic nitrogens is 2. The number of aliphatic hydroxyl groups is 1. The first kappa shape index (κ1) is 13.3. The van der Waals surface area contributed by atoms with Crippen LogP contribution in [-0.4, -0.2) is 21.0 Å². The second kappa shape index (κ2) is 6.71. The van der Waals surface area contributed by atoms with Crippen LogP contribution in [0.25, 0.3) is 0 Å². The first-order chi connectivity index (χ1) is 8.78. The maximum absolute atomic E-state index is 9.98. The molecule has 2 aromatic heterocycles. The van der Waals surface area contributed by atoms with Gasteiger partial charge in [-0.1, -0.05) is 6.07 Å². The predicted octanol–water partition coefficient (Wildman–Crippen LogP) is 2.89. The lowest BCUT2D eigenvalue weighted by Gasteiger charge is -2.08. The molecule has 0 saturated carbocycles. The smallest absolute Gasteiger partial charge is 0.0581 e. The lowest BCUT2D eigenvalue weighted by atomic mass is 10.1. The number of aryl methyl sites for hydroxylation is 2. The van der Waals surface area contributed by atoms with E-state index in [1.165, 1.54) is 4.88 Å². The van der Waals surface area contributed by atoms with Gasteiger partial charge in [0.25, 0.3) is 0 Å². The summed E-state index contributed by atoms with van der Waals surface area (Å²) in [6, 6.07) is 4.23. The molecule has 4 heteroatoms. The van der Waals surface area contributed by atoms with Crippen LogP contribution >= 0.6 is 11.3 Å². The molecule has 0 aliphatic heterocycles. The van der Waals surface area contributed by atoms with Gasteiger partial charge in [-0.25, -0.2) is 0 Å². The number of hydrogen-bond acceptors (Lipinski definition) is 3. The third-order valence-electron chi connectivity index (χ3n) is 3.02. The van der Waals surface area contributed by atoms with Gasteiger partial charge in [0.1, 0.15) is 0 Å². The molecular weight excluding hydrogens is 244 g/mol. The molecule has 0 aliphatic rings. The number of nitrogens with zero attached hydrogens (tertiary/aromatic N) is 2. The quantitative estimate of drug-likeness (QED) is 0.835. The maximum Gasteiger partial charge on any atom is 0.0581 e. The topological polar surface area (TPSA) is 38.0 Å². The van der Waals surface area contributed by atoms with E-state index < -0.39 is 0 Å². The average Bonchev–Trinajstić information content (AvgIpc) is 3.00. The number of aliphatic hydroxyl groups excluding tert-OH is 1. The van der Waals surface area contributed by atoms with Gasteiger partial charge in [0, 0.05) is 24.0 Å². The molecule has 98 valence electrons. The fourth-order valence-corrected chi connectivity index (χ4v) is 2.78. The van der Waals surface area contributed by atoms with Crippen molar-refractivity contribution in [2.75, 3.05) is 0 Å². The Morgan fingerprint density at radius 3 is 3.06 bits per heavy atom. The molecule has 0 saturated heterocycles. The van der Waals surface area contributed by atoms with Crippen LogP contribution in [0.5, 0.6) is 0 Å². The first-order valence-corrected chi connectivity index (χ1v) is 7.37. The van der Waals surface area contributed by atoms with Gasteiger partial charge in [0.05, 0.1) is 12.3 Å². The van der Waals surface area contributed by atoms with E-state index in [1.54, 1.807) is 11.3 Å². The standard InChI is InChI=1S/C14H20N2OS/c1-2-16-11-12(10-15-16)9-13(17)5-3-6-14-7-4-8-18-14/h4,7-8,10-11,13,17H,2-3,5-6,9H2,1H3. The molecule has 0 spiro atoms. The van der Waals surface area contributed by atoms with Crippen LogP contribution in [-0.2, 0) is 19.4 Å². The Labute approximate surface area is 112 Å². The summed E-state index contributed by atoms with van der Waals surface area (Å²) >= 11 is 1.79.